The number of hydrogen-bond donors (Lipinski definition) is 3. The second kappa shape index (κ2) is 4.63. The summed E-state index contributed by atoms with van der Waals surface area (Å²) in [5, 5.41) is 3.34. The van der Waals surface area contributed by atoms with Gasteiger partial charge >= 0.3 is 5.76 Å². The van der Waals surface area contributed by atoms with E-state index in [9.17, 15) is 4.79 Å². The summed E-state index contributed by atoms with van der Waals surface area (Å²) >= 11 is 0. The van der Waals surface area contributed by atoms with Crippen LogP contribution in [0.4, 0.5) is 5.69 Å². The molecule has 2 rings (SSSR count). The Labute approximate surface area is 99.0 Å². The molecule has 1 aromatic carbocycles. The van der Waals surface area contributed by atoms with Crippen molar-refractivity contribution in [2.24, 2.45) is 11.7 Å². The number of anilines is 1. The molecule has 0 aliphatic rings. The normalized spacial score (nSPS) is 13.2. The number of rotatable bonds is 4. The largest absolute Gasteiger partial charge is 0.417 e. The van der Waals surface area contributed by atoms with Gasteiger partial charge in [-0.25, -0.2) is 4.79 Å². The molecule has 5 nitrogen and oxygen atoms in total. The number of nitrogens with one attached hydrogen (secondary N) is 2. The molecule has 0 radical (unpaired) electrons. The van der Waals surface area contributed by atoms with Crippen molar-refractivity contribution in [2.45, 2.75) is 19.9 Å². The Hall–Kier alpha value is -1.75. The summed E-state index contributed by atoms with van der Waals surface area (Å²) in [5.74, 6) is 0.00970. The lowest BCUT2D eigenvalue weighted by Gasteiger charge is -2.21. The van der Waals surface area contributed by atoms with Gasteiger partial charge in [0, 0.05) is 18.3 Å². The maximum absolute atomic E-state index is 11.0. The van der Waals surface area contributed by atoms with E-state index in [-0.39, 0.29) is 6.04 Å². The highest BCUT2D eigenvalue weighted by Crippen LogP contribution is 2.18. The molecule has 0 bridgehead atoms. The Morgan fingerprint density at radius 1 is 1.47 bits per heavy atom. The summed E-state index contributed by atoms with van der Waals surface area (Å²) in [6.07, 6.45) is 0. The van der Waals surface area contributed by atoms with Gasteiger partial charge < -0.3 is 15.5 Å². The van der Waals surface area contributed by atoms with Gasteiger partial charge in [0.2, 0.25) is 0 Å². The molecule has 1 heterocycles. The van der Waals surface area contributed by atoms with Crippen LogP contribution in [0.1, 0.15) is 13.8 Å². The SMILES string of the molecule is CC(C)C(CN)Nc1ccc2oc(=O)[nH]c2c1. The molecule has 0 saturated carbocycles. The van der Waals surface area contributed by atoms with Crippen molar-refractivity contribution in [1.29, 1.82) is 0 Å². The van der Waals surface area contributed by atoms with E-state index in [0.29, 0.717) is 23.6 Å². The third kappa shape index (κ3) is 2.50. The Morgan fingerprint density at radius 2 is 2.24 bits per heavy atom. The van der Waals surface area contributed by atoms with E-state index in [2.05, 4.69) is 24.1 Å². The summed E-state index contributed by atoms with van der Waals surface area (Å²) in [7, 11) is 0. The number of fused-ring (bicyclic) bond motifs is 1. The third-order valence-electron chi connectivity index (χ3n) is 2.83. The van der Waals surface area contributed by atoms with Crippen LogP contribution in [0.3, 0.4) is 0 Å². The molecule has 0 saturated heterocycles. The van der Waals surface area contributed by atoms with Gasteiger partial charge in [-0.1, -0.05) is 13.8 Å². The zero-order valence-electron chi connectivity index (χ0n) is 9.99. The third-order valence-corrected chi connectivity index (χ3v) is 2.83. The van der Waals surface area contributed by atoms with Crippen LogP contribution < -0.4 is 16.8 Å². The van der Waals surface area contributed by atoms with Gasteiger partial charge in [-0.2, -0.15) is 0 Å². The number of hydrogen-bond acceptors (Lipinski definition) is 4. The Balaban J connectivity index is 2.26. The van der Waals surface area contributed by atoms with Gasteiger partial charge in [0.05, 0.1) is 5.52 Å². The molecule has 0 aliphatic carbocycles. The molecule has 0 amide bonds. The molecule has 1 atom stereocenters. The zero-order valence-corrected chi connectivity index (χ0v) is 9.99. The maximum atomic E-state index is 11.0. The first-order chi connectivity index (χ1) is 8.10. The molecule has 0 fully saturated rings. The summed E-state index contributed by atoms with van der Waals surface area (Å²) in [5.41, 5.74) is 7.89. The van der Waals surface area contributed by atoms with E-state index in [0.717, 1.165) is 5.69 Å². The van der Waals surface area contributed by atoms with Crippen LogP contribution in [0.15, 0.2) is 27.4 Å². The summed E-state index contributed by atoms with van der Waals surface area (Å²) < 4.78 is 4.94. The lowest BCUT2D eigenvalue weighted by Crippen LogP contribution is -2.33. The quantitative estimate of drug-likeness (QED) is 0.750. The van der Waals surface area contributed by atoms with Crippen LogP contribution >= 0.6 is 0 Å². The molecule has 4 N–H and O–H groups in total. The molecular formula is C12H17N3O2. The van der Waals surface area contributed by atoms with Gasteiger partial charge in [0.15, 0.2) is 5.58 Å². The van der Waals surface area contributed by atoms with Crippen molar-refractivity contribution in [1.82, 2.24) is 4.98 Å². The summed E-state index contributed by atoms with van der Waals surface area (Å²) in [4.78, 5) is 13.7. The zero-order chi connectivity index (χ0) is 12.4. The predicted molar refractivity (Wildman–Crippen MR) is 68.1 cm³/mol. The first-order valence-electron chi connectivity index (χ1n) is 5.69. The fourth-order valence-corrected chi connectivity index (χ4v) is 1.75. The highest BCUT2D eigenvalue weighted by molar-refractivity contribution is 5.76. The molecule has 5 heteroatoms. The van der Waals surface area contributed by atoms with Gasteiger partial charge in [0.25, 0.3) is 0 Å². The molecule has 0 spiro atoms. The standard InChI is InChI=1S/C12H17N3O2/c1-7(2)10(6-13)14-8-3-4-11-9(5-8)15-12(16)17-11/h3-5,7,10,14H,6,13H2,1-2H3,(H,15,16). The smallest absolute Gasteiger partial charge is 0.408 e. The highest BCUT2D eigenvalue weighted by atomic mass is 16.4. The topological polar surface area (TPSA) is 84.0 Å². The van der Waals surface area contributed by atoms with Crippen molar-refractivity contribution >= 4 is 16.8 Å². The van der Waals surface area contributed by atoms with Gasteiger partial charge in [-0.05, 0) is 24.1 Å². The van der Waals surface area contributed by atoms with E-state index in [1.165, 1.54) is 0 Å². The second-order valence-corrected chi connectivity index (χ2v) is 4.46. The summed E-state index contributed by atoms with van der Waals surface area (Å²) in [6, 6.07) is 5.71. The molecular weight excluding hydrogens is 218 g/mol. The molecule has 1 aromatic heterocycles. The van der Waals surface area contributed by atoms with Crippen LogP contribution in [0.5, 0.6) is 0 Å². The minimum absolute atomic E-state index is 0.214. The fourth-order valence-electron chi connectivity index (χ4n) is 1.75. The average Bonchev–Trinajstić information content (AvgIpc) is 2.64. The molecule has 1 unspecified atom stereocenters. The van der Waals surface area contributed by atoms with Gasteiger partial charge in [-0.15, -0.1) is 0 Å². The monoisotopic (exact) mass is 235 g/mol. The van der Waals surface area contributed by atoms with E-state index in [4.69, 9.17) is 10.2 Å². The van der Waals surface area contributed by atoms with Crippen LogP contribution in [0, 0.1) is 5.92 Å². The minimum Gasteiger partial charge on any atom is -0.408 e. The fraction of sp³-hybridized carbons (Fsp3) is 0.417. The van der Waals surface area contributed by atoms with Crippen LogP contribution in [-0.2, 0) is 0 Å². The lowest BCUT2D eigenvalue weighted by molar-refractivity contribution is 0.531. The van der Waals surface area contributed by atoms with Crippen LogP contribution in [0.25, 0.3) is 11.1 Å². The van der Waals surface area contributed by atoms with Crippen molar-refractivity contribution in [3.63, 3.8) is 0 Å². The molecule has 2 aromatic rings. The van der Waals surface area contributed by atoms with Gasteiger partial charge in [-0.3, -0.25) is 4.98 Å². The van der Waals surface area contributed by atoms with Crippen molar-refractivity contribution < 1.29 is 4.42 Å². The first kappa shape index (κ1) is 11.7. The Morgan fingerprint density at radius 3 is 2.88 bits per heavy atom. The molecule has 0 aliphatic heterocycles. The Bertz CT molecular complexity index is 556. The Kier molecular flexibility index (Phi) is 3.19. The molecule has 92 valence electrons. The number of benzene rings is 1. The highest BCUT2D eigenvalue weighted by Gasteiger charge is 2.11. The lowest BCUT2D eigenvalue weighted by atomic mass is 10.0. The van der Waals surface area contributed by atoms with Crippen molar-refractivity contribution in [3.8, 4) is 0 Å². The summed E-state index contributed by atoms with van der Waals surface area (Å²) in [6.45, 7) is 4.79. The molecule has 17 heavy (non-hydrogen) atoms. The second-order valence-electron chi connectivity index (χ2n) is 4.46. The van der Waals surface area contributed by atoms with E-state index in [1.807, 2.05) is 12.1 Å². The van der Waals surface area contributed by atoms with Gasteiger partial charge in [0.1, 0.15) is 0 Å². The number of aromatic amines is 1. The maximum Gasteiger partial charge on any atom is 0.417 e. The predicted octanol–water partition coefficient (Wildman–Crippen LogP) is 1.52. The minimum atomic E-state index is -0.434. The van der Waals surface area contributed by atoms with E-state index < -0.39 is 5.76 Å². The van der Waals surface area contributed by atoms with Crippen LogP contribution in [0.2, 0.25) is 0 Å². The van der Waals surface area contributed by atoms with E-state index in [1.54, 1.807) is 6.07 Å². The first-order valence-corrected chi connectivity index (χ1v) is 5.69. The number of nitrogens with two attached hydrogens (primary N) is 1. The van der Waals surface area contributed by atoms with Crippen LogP contribution in [-0.4, -0.2) is 17.6 Å². The number of aromatic nitrogens is 1. The van der Waals surface area contributed by atoms with Crippen molar-refractivity contribution in [2.75, 3.05) is 11.9 Å². The van der Waals surface area contributed by atoms with Crippen molar-refractivity contribution in [3.05, 3.63) is 28.7 Å². The van der Waals surface area contributed by atoms with E-state index >= 15 is 0 Å². The number of oxazole rings is 1. The average molecular weight is 235 g/mol. The number of H-pyrrole nitrogens is 1.